The van der Waals surface area contributed by atoms with Gasteiger partial charge in [0.15, 0.2) is 0 Å². The van der Waals surface area contributed by atoms with Gasteiger partial charge in [0.1, 0.15) is 12.4 Å². The van der Waals surface area contributed by atoms with Crippen molar-refractivity contribution in [2.24, 2.45) is 0 Å². The van der Waals surface area contributed by atoms with Crippen molar-refractivity contribution in [2.45, 2.75) is 38.7 Å². The third-order valence-corrected chi connectivity index (χ3v) is 7.01. The Labute approximate surface area is 195 Å². The minimum absolute atomic E-state index is 0. The molecule has 0 bridgehead atoms. The lowest BCUT2D eigenvalue weighted by atomic mass is 10.1. The molecule has 0 N–H and O–H groups in total. The van der Waals surface area contributed by atoms with E-state index in [1.807, 2.05) is 23.5 Å². The molecule has 31 heavy (non-hydrogen) atoms. The Morgan fingerprint density at radius 3 is 2.74 bits per heavy atom. The predicted octanol–water partition coefficient (Wildman–Crippen LogP) is 6.37. The van der Waals surface area contributed by atoms with Crippen LogP contribution in [0.2, 0.25) is 5.02 Å². The highest BCUT2D eigenvalue weighted by molar-refractivity contribution is 7.19. The van der Waals surface area contributed by atoms with Crippen molar-refractivity contribution in [2.75, 3.05) is 0 Å². The lowest BCUT2D eigenvalue weighted by molar-refractivity contribution is 0.300. The van der Waals surface area contributed by atoms with Crippen LogP contribution in [-0.4, -0.2) is 9.55 Å². The van der Waals surface area contributed by atoms with E-state index in [9.17, 15) is 4.79 Å². The SMILES string of the molecule is Cl.O=c1cc(OCc2ccc(Cl)cn2)ccn1-c1ccc2c3c(sc2c1)CCCCC3. The summed E-state index contributed by atoms with van der Waals surface area (Å²) < 4.78 is 8.65. The van der Waals surface area contributed by atoms with Crippen molar-refractivity contribution in [3.63, 3.8) is 0 Å². The highest BCUT2D eigenvalue weighted by atomic mass is 35.5. The Balaban J connectivity index is 0.00000231. The van der Waals surface area contributed by atoms with Crippen molar-refractivity contribution in [1.29, 1.82) is 0 Å². The van der Waals surface area contributed by atoms with Crippen LogP contribution in [0.15, 0.2) is 59.7 Å². The molecule has 5 rings (SSSR count). The van der Waals surface area contributed by atoms with Gasteiger partial charge in [0, 0.05) is 28.0 Å². The molecular weight excluding hydrogens is 451 g/mol. The first-order valence-electron chi connectivity index (χ1n) is 10.2. The summed E-state index contributed by atoms with van der Waals surface area (Å²) in [5.74, 6) is 0.525. The zero-order valence-electron chi connectivity index (χ0n) is 16.8. The number of rotatable bonds is 4. The number of thiophene rings is 1. The average molecular weight is 473 g/mol. The van der Waals surface area contributed by atoms with Crippen LogP contribution in [0.3, 0.4) is 0 Å². The first-order chi connectivity index (χ1) is 14.7. The van der Waals surface area contributed by atoms with Gasteiger partial charge in [0.05, 0.1) is 16.4 Å². The van der Waals surface area contributed by atoms with Crippen LogP contribution < -0.4 is 10.3 Å². The van der Waals surface area contributed by atoms with E-state index in [-0.39, 0.29) is 24.6 Å². The highest BCUT2D eigenvalue weighted by Crippen LogP contribution is 2.36. The molecule has 4 nitrogen and oxygen atoms in total. The largest absolute Gasteiger partial charge is 0.487 e. The quantitative estimate of drug-likeness (QED) is 0.324. The summed E-state index contributed by atoms with van der Waals surface area (Å²) in [7, 11) is 0. The zero-order chi connectivity index (χ0) is 20.5. The van der Waals surface area contributed by atoms with E-state index in [2.05, 4.69) is 17.1 Å². The van der Waals surface area contributed by atoms with Crippen LogP contribution in [0.4, 0.5) is 0 Å². The van der Waals surface area contributed by atoms with Crippen LogP contribution in [0, 0.1) is 0 Å². The number of halogens is 2. The maximum absolute atomic E-state index is 12.7. The van der Waals surface area contributed by atoms with Gasteiger partial charge in [-0.2, -0.15) is 0 Å². The first-order valence-corrected chi connectivity index (χ1v) is 11.4. The van der Waals surface area contributed by atoms with Crippen LogP contribution in [0.1, 0.15) is 35.4 Å². The summed E-state index contributed by atoms with van der Waals surface area (Å²) in [5.41, 5.74) is 3.04. The topological polar surface area (TPSA) is 44.1 Å². The normalized spacial score (nSPS) is 13.3. The van der Waals surface area contributed by atoms with Gasteiger partial charge in [-0.25, -0.2) is 0 Å². The molecule has 7 heteroatoms. The molecule has 4 aromatic rings. The van der Waals surface area contributed by atoms with Gasteiger partial charge in [0.25, 0.3) is 5.56 Å². The van der Waals surface area contributed by atoms with Crippen molar-refractivity contribution in [3.05, 3.63) is 86.4 Å². The van der Waals surface area contributed by atoms with E-state index in [0.717, 1.165) is 11.4 Å². The minimum Gasteiger partial charge on any atom is -0.487 e. The fraction of sp³-hybridized carbons (Fsp3) is 0.250. The molecule has 0 saturated carbocycles. The number of hydrogen-bond donors (Lipinski definition) is 0. The molecule has 0 amide bonds. The number of hydrogen-bond acceptors (Lipinski definition) is 4. The third kappa shape index (κ3) is 4.64. The molecule has 3 heterocycles. The maximum Gasteiger partial charge on any atom is 0.258 e. The molecule has 0 atom stereocenters. The average Bonchev–Trinajstić information content (AvgIpc) is 2.93. The fourth-order valence-electron chi connectivity index (χ4n) is 3.99. The molecule has 0 aliphatic heterocycles. The van der Waals surface area contributed by atoms with Gasteiger partial charge in [-0.05, 0) is 67.0 Å². The second-order valence-corrected chi connectivity index (χ2v) is 9.15. The summed E-state index contributed by atoms with van der Waals surface area (Å²) in [5, 5.41) is 1.93. The zero-order valence-corrected chi connectivity index (χ0v) is 19.2. The smallest absolute Gasteiger partial charge is 0.258 e. The second-order valence-electron chi connectivity index (χ2n) is 7.57. The number of benzene rings is 1. The number of ether oxygens (including phenoxy) is 1. The van der Waals surface area contributed by atoms with Gasteiger partial charge in [0.2, 0.25) is 0 Å². The number of aromatic nitrogens is 2. The van der Waals surface area contributed by atoms with Gasteiger partial charge in [-0.15, -0.1) is 23.7 Å². The number of fused-ring (bicyclic) bond motifs is 3. The van der Waals surface area contributed by atoms with Gasteiger partial charge in [-0.1, -0.05) is 24.1 Å². The fourth-order valence-corrected chi connectivity index (χ4v) is 5.43. The summed E-state index contributed by atoms with van der Waals surface area (Å²) >= 11 is 7.73. The molecule has 160 valence electrons. The minimum atomic E-state index is -0.117. The van der Waals surface area contributed by atoms with E-state index in [1.54, 1.807) is 29.1 Å². The summed E-state index contributed by atoms with van der Waals surface area (Å²) in [6.45, 7) is 0.285. The first kappa shape index (κ1) is 21.9. The number of pyridine rings is 2. The molecule has 0 radical (unpaired) electrons. The maximum atomic E-state index is 12.7. The van der Waals surface area contributed by atoms with E-state index >= 15 is 0 Å². The van der Waals surface area contributed by atoms with Crippen LogP contribution >= 0.6 is 35.3 Å². The molecule has 0 spiro atoms. The lowest BCUT2D eigenvalue weighted by Crippen LogP contribution is -2.16. The molecule has 1 aliphatic rings. The van der Waals surface area contributed by atoms with Gasteiger partial charge in [-0.3, -0.25) is 14.3 Å². The molecular formula is C24H22Cl2N2O2S. The van der Waals surface area contributed by atoms with Crippen molar-refractivity contribution < 1.29 is 4.74 Å². The Hall–Kier alpha value is -2.34. The number of aryl methyl sites for hydroxylation is 2. The second kappa shape index (κ2) is 9.43. The van der Waals surface area contributed by atoms with E-state index < -0.39 is 0 Å². The van der Waals surface area contributed by atoms with E-state index in [0.29, 0.717) is 10.8 Å². The molecule has 0 saturated heterocycles. The summed E-state index contributed by atoms with van der Waals surface area (Å²) in [4.78, 5) is 18.4. The standard InChI is InChI=1S/C24H21ClN2O2S.ClH/c25-16-6-7-17(26-14-16)15-29-19-10-11-27(24(28)13-19)18-8-9-21-20-4-2-1-3-5-22(20)30-23(21)12-18;/h6-14H,1-5,15H2;1H. The number of nitrogens with zero attached hydrogens (tertiary/aromatic N) is 2. The Kier molecular flexibility index (Phi) is 6.65. The van der Waals surface area contributed by atoms with Crippen LogP contribution in [0.5, 0.6) is 5.75 Å². The summed E-state index contributed by atoms with van der Waals surface area (Å²) in [6, 6.07) is 13.3. The van der Waals surface area contributed by atoms with Crippen LogP contribution in [-0.2, 0) is 19.4 Å². The molecule has 1 aliphatic carbocycles. The monoisotopic (exact) mass is 472 g/mol. The van der Waals surface area contributed by atoms with Crippen molar-refractivity contribution >= 4 is 45.4 Å². The third-order valence-electron chi connectivity index (χ3n) is 5.54. The van der Waals surface area contributed by atoms with Crippen molar-refractivity contribution in [3.8, 4) is 11.4 Å². The van der Waals surface area contributed by atoms with Crippen molar-refractivity contribution in [1.82, 2.24) is 9.55 Å². The predicted molar refractivity (Wildman–Crippen MR) is 130 cm³/mol. The molecule has 0 fully saturated rings. The van der Waals surface area contributed by atoms with Gasteiger partial charge >= 0.3 is 0 Å². The highest BCUT2D eigenvalue weighted by Gasteiger charge is 2.15. The molecule has 1 aromatic carbocycles. The van der Waals surface area contributed by atoms with Gasteiger partial charge < -0.3 is 4.74 Å². The summed E-state index contributed by atoms with van der Waals surface area (Å²) in [6.07, 6.45) is 9.57. The van der Waals surface area contributed by atoms with Crippen LogP contribution in [0.25, 0.3) is 15.8 Å². The Morgan fingerprint density at radius 2 is 1.94 bits per heavy atom. The van der Waals surface area contributed by atoms with E-state index in [1.165, 1.54) is 58.7 Å². The molecule has 3 aromatic heterocycles. The Morgan fingerprint density at radius 1 is 1.06 bits per heavy atom. The van der Waals surface area contributed by atoms with E-state index in [4.69, 9.17) is 16.3 Å². The molecule has 0 unspecified atom stereocenters. The Bertz CT molecular complexity index is 1270. The lowest BCUT2D eigenvalue weighted by Gasteiger charge is -2.09.